The minimum atomic E-state index is 1.09. The lowest BCUT2D eigenvalue weighted by Crippen LogP contribution is -2.12. The van der Waals surface area contributed by atoms with Crippen LogP contribution in [0.25, 0.3) is 76.8 Å². The summed E-state index contributed by atoms with van der Waals surface area (Å²) in [4.78, 5) is 2.45. The minimum absolute atomic E-state index is 1.09. The Kier molecular flexibility index (Phi) is 8.24. The molecular formula is C54H37N. The standard InChI is InChI=1S/C54H37N/c1-4-14-38(15-5-1)40-30-33-47(34-31-40)55(52-23-13-12-21-48(52)41-18-8-3-9-19-41)53-35-32-45(39-16-6-2-7-17-39)36-50(53)46-29-26-43-25-28-44-27-24-42-20-10-11-22-49(42)54(44)51(43)37-46/h1-37H. The molecule has 0 spiro atoms. The molecular weight excluding hydrogens is 663 g/mol. The molecule has 0 radical (unpaired) electrons. The van der Waals surface area contributed by atoms with Crippen LogP contribution in [0.4, 0.5) is 17.1 Å². The number of fused-ring (bicyclic) bond motifs is 5. The molecule has 1 nitrogen and oxygen atoms in total. The van der Waals surface area contributed by atoms with Crippen molar-refractivity contribution >= 4 is 49.4 Å². The summed E-state index contributed by atoms with van der Waals surface area (Å²) in [5.41, 5.74) is 12.8. The summed E-state index contributed by atoms with van der Waals surface area (Å²) in [5, 5.41) is 7.56. The van der Waals surface area contributed by atoms with Gasteiger partial charge in [-0.05, 0) is 102 Å². The Bertz CT molecular complexity index is 2940. The van der Waals surface area contributed by atoms with Crippen LogP contribution in [-0.2, 0) is 0 Å². The third-order valence-corrected chi connectivity index (χ3v) is 10.8. The first-order chi connectivity index (χ1) is 27.3. The quantitative estimate of drug-likeness (QED) is 0.150. The van der Waals surface area contributed by atoms with Crippen molar-refractivity contribution < 1.29 is 0 Å². The molecule has 0 N–H and O–H groups in total. The predicted octanol–water partition coefficient (Wildman–Crippen LogP) is 15.3. The second-order valence-corrected chi connectivity index (χ2v) is 14.1. The van der Waals surface area contributed by atoms with E-state index in [1.54, 1.807) is 0 Å². The Morgan fingerprint density at radius 1 is 0.255 bits per heavy atom. The van der Waals surface area contributed by atoms with Crippen LogP contribution in [0.2, 0.25) is 0 Å². The zero-order valence-corrected chi connectivity index (χ0v) is 30.3. The van der Waals surface area contributed by atoms with Crippen molar-refractivity contribution in [3.63, 3.8) is 0 Å². The summed E-state index contributed by atoms with van der Waals surface area (Å²) < 4.78 is 0. The Morgan fingerprint density at radius 3 is 1.47 bits per heavy atom. The van der Waals surface area contributed by atoms with Gasteiger partial charge in [-0.2, -0.15) is 0 Å². The number of hydrogen-bond donors (Lipinski definition) is 0. The van der Waals surface area contributed by atoms with E-state index < -0.39 is 0 Å². The number of hydrogen-bond acceptors (Lipinski definition) is 1. The third-order valence-electron chi connectivity index (χ3n) is 10.8. The lowest BCUT2D eigenvalue weighted by molar-refractivity contribution is 1.28. The van der Waals surface area contributed by atoms with Crippen molar-refractivity contribution in [3.05, 3.63) is 224 Å². The Balaban J connectivity index is 1.25. The highest BCUT2D eigenvalue weighted by Crippen LogP contribution is 2.47. The summed E-state index contributed by atoms with van der Waals surface area (Å²) in [6.07, 6.45) is 0. The summed E-state index contributed by atoms with van der Waals surface area (Å²) in [6, 6.07) is 81.6. The fourth-order valence-electron chi connectivity index (χ4n) is 8.14. The normalized spacial score (nSPS) is 11.3. The molecule has 0 saturated heterocycles. The second kappa shape index (κ2) is 14.0. The van der Waals surface area contributed by atoms with Crippen LogP contribution in [0.1, 0.15) is 0 Å². The van der Waals surface area contributed by atoms with Crippen molar-refractivity contribution in [1.82, 2.24) is 0 Å². The molecule has 0 aliphatic rings. The van der Waals surface area contributed by atoms with E-state index >= 15 is 0 Å². The third kappa shape index (κ3) is 6.02. The molecule has 1 heteroatoms. The molecule has 0 heterocycles. The predicted molar refractivity (Wildman–Crippen MR) is 235 cm³/mol. The van der Waals surface area contributed by atoms with Gasteiger partial charge in [0.2, 0.25) is 0 Å². The smallest absolute Gasteiger partial charge is 0.0540 e. The molecule has 0 aliphatic heterocycles. The van der Waals surface area contributed by atoms with Gasteiger partial charge in [-0.1, -0.05) is 188 Å². The molecule has 0 aromatic heterocycles. The molecule has 10 aromatic carbocycles. The molecule has 0 fully saturated rings. The largest absolute Gasteiger partial charge is 0.309 e. The first kappa shape index (κ1) is 32.4. The molecule has 0 saturated carbocycles. The molecule has 55 heavy (non-hydrogen) atoms. The van der Waals surface area contributed by atoms with Crippen LogP contribution in [0.3, 0.4) is 0 Å². The van der Waals surface area contributed by atoms with Crippen LogP contribution in [0.15, 0.2) is 224 Å². The topological polar surface area (TPSA) is 3.24 Å². The van der Waals surface area contributed by atoms with E-state index in [4.69, 9.17) is 0 Å². The number of nitrogens with zero attached hydrogens (tertiary/aromatic N) is 1. The van der Waals surface area contributed by atoms with Gasteiger partial charge in [-0.25, -0.2) is 0 Å². The van der Waals surface area contributed by atoms with Crippen molar-refractivity contribution in [3.8, 4) is 44.5 Å². The van der Waals surface area contributed by atoms with Gasteiger partial charge in [0.05, 0.1) is 11.4 Å². The van der Waals surface area contributed by atoms with Gasteiger partial charge in [-0.15, -0.1) is 0 Å². The van der Waals surface area contributed by atoms with E-state index in [2.05, 4.69) is 229 Å². The van der Waals surface area contributed by atoms with Crippen molar-refractivity contribution in [2.45, 2.75) is 0 Å². The van der Waals surface area contributed by atoms with E-state index in [9.17, 15) is 0 Å². The number of benzene rings is 10. The summed E-state index contributed by atoms with van der Waals surface area (Å²) >= 11 is 0. The van der Waals surface area contributed by atoms with E-state index in [0.717, 1.165) is 22.6 Å². The molecule has 0 unspecified atom stereocenters. The van der Waals surface area contributed by atoms with Crippen LogP contribution in [-0.4, -0.2) is 0 Å². The summed E-state index contributed by atoms with van der Waals surface area (Å²) in [7, 11) is 0. The fourth-order valence-corrected chi connectivity index (χ4v) is 8.14. The van der Waals surface area contributed by atoms with Crippen LogP contribution < -0.4 is 4.90 Å². The average Bonchev–Trinajstić information content (AvgIpc) is 3.27. The second-order valence-electron chi connectivity index (χ2n) is 14.1. The number of rotatable bonds is 7. The molecule has 258 valence electrons. The van der Waals surface area contributed by atoms with E-state index in [1.165, 1.54) is 71.3 Å². The Morgan fingerprint density at radius 2 is 0.745 bits per heavy atom. The zero-order chi connectivity index (χ0) is 36.6. The molecule has 0 bridgehead atoms. The van der Waals surface area contributed by atoms with Gasteiger partial charge < -0.3 is 4.90 Å². The van der Waals surface area contributed by atoms with Crippen LogP contribution in [0, 0.1) is 0 Å². The van der Waals surface area contributed by atoms with Gasteiger partial charge in [-0.3, -0.25) is 0 Å². The van der Waals surface area contributed by atoms with Gasteiger partial charge in [0, 0.05) is 16.8 Å². The maximum Gasteiger partial charge on any atom is 0.0540 e. The monoisotopic (exact) mass is 699 g/mol. The fraction of sp³-hybridized carbons (Fsp3) is 0. The molecule has 10 aromatic rings. The Hall–Kier alpha value is -7.22. The lowest BCUT2D eigenvalue weighted by Gasteiger charge is -2.30. The molecule has 0 atom stereocenters. The average molecular weight is 700 g/mol. The van der Waals surface area contributed by atoms with Gasteiger partial charge in [0.15, 0.2) is 0 Å². The van der Waals surface area contributed by atoms with Crippen LogP contribution >= 0.6 is 0 Å². The lowest BCUT2D eigenvalue weighted by atomic mass is 9.91. The highest BCUT2D eigenvalue weighted by molar-refractivity contribution is 6.21. The van der Waals surface area contributed by atoms with Gasteiger partial charge in [0.25, 0.3) is 0 Å². The highest BCUT2D eigenvalue weighted by Gasteiger charge is 2.22. The van der Waals surface area contributed by atoms with Gasteiger partial charge >= 0.3 is 0 Å². The van der Waals surface area contributed by atoms with Gasteiger partial charge in [0.1, 0.15) is 0 Å². The molecule has 10 rings (SSSR count). The number of para-hydroxylation sites is 1. The van der Waals surface area contributed by atoms with E-state index in [0.29, 0.717) is 0 Å². The maximum atomic E-state index is 2.45. The summed E-state index contributed by atoms with van der Waals surface area (Å²) in [6.45, 7) is 0. The highest BCUT2D eigenvalue weighted by atomic mass is 15.1. The minimum Gasteiger partial charge on any atom is -0.309 e. The molecule has 0 amide bonds. The first-order valence-corrected chi connectivity index (χ1v) is 18.9. The van der Waals surface area contributed by atoms with Crippen molar-refractivity contribution in [2.24, 2.45) is 0 Å². The van der Waals surface area contributed by atoms with Crippen LogP contribution in [0.5, 0.6) is 0 Å². The maximum absolute atomic E-state index is 2.45. The number of anilines is 3. The SMILES string of the molecule is c1ccc(-c2ccc(N(c3ccccc3-c3ccccc3)c3ccc(-c4ccccc4)cc3-c3ccc4ccc5ccc6ccccc6c5c4c3)cc2)cc1. The zero-order valence-electron chi connectivity index (χ0n) is 30.3. The van der Waals surface area contributed by atoms with E-state index in [-0.39, 0.29) is 0 Å². The van der Waals surface area contributed by atoms with Crippen molar-refractivity contribution in [2.75, 3.05) is 4.90 Å². The Labute approximate surface area is 322 Å². The summed E-state index contributed by atoms with van der Waals surface area (Å²) in [5.74, 6) is 0. The van der Waals surface area contributed by atoms with Crippen molar-refractivity contribution in [1.29, 1.82) is 0 Å². The first-order valence-electron chi connectivity index (χ1n) is 18.9. The molecule has 0 aliphatic carbocycles. The van der Waals surface area contributed by atoms with E-state index in [1.807, 2.05) is 0 Å².